The Morgan fingerprint density at radius 1 is 1.33 bits per heavy atom. The van der Waals surface area contributed by atoms with Crippen LogP contribution in [0, 0.1) is 0 Å². The summed E-state index contributed by atoms with van der Waals surface area (Å²) in [5.74, 6) is 0.809. The van der Waals surface area contributed by atoms with Crippen molar-refractivity contribution in [1.29, 1.82) is 0 Å². The van der Waals surface area contributed by atoms with Crippen molar-refractivity contribution >= 4 is 0 Å². The lowest BCUT2D eigenvalue weighted by atomic mass is 9.72. The number of nitrogens with two attached hydrogens (primary N) is 1. The van der Waals surface area contributed by atoms with E-state index in [-0.39, 0.29) is 5.54 Å². The van der Waals surface area contributed by atoms with E-state index in [1.165, 1.54) is 12.0 Å². The zero-order valence-electron chi connectivity index (χ0n) is 9.46. The monoisotopic (exact) mass is 205 g/mol. The highest BCUT2D eigenvalue weighted by atomic mass is 16.3. The van der Waals surface area contributed by atoms with Crippen molar-refractivity contribution in [2.24, 2.45) is 5.73 Å². The summed E-state index contributed by atoms with van der Waals surface area (Å²) in [4.78, 5) is 0. The maximum Gasteiger partial charge on any atom is 0.120 e. The number of rotatable bonds is 2. The molecule has 1 fully saturated rings. The summed E-state index contributed by atoms with van der Waals surface area (Å²) in [5, 5.41) is 9.96. The number of phenolic OH excluding ortho intramolecular Hbond substituents is 1. The van der Waals surface area contributed by atoms with Gasteiger partial charge >= 0.3 is 0 Å². The third-order valence-corrected chi connectivity index (χ3v) is 3.47. The highest BCUT2D eigenvalue weighted by Crippen LogP contribution is 2.42. The van der Waals surface area contributed by atoms with Crippen LogP contribution in [0.1, 0.15) is 50.2 Å². The number of hydrogen-bond donors (Lipinski definition) is 2. The van der Waals surface area contributed by atoms with Gasteiger partial charge in [-0.3, -0.25) is 0 Å². The number of hydrogen-bond acceptors (Lipinski definition) is 2. The van der Waals surface area contributed by atoms with Crippen molar-refractivity contribution in [2.45, 2.75) is 44.6 Å². The quantitative estimate of drug-likeness (QED) is 0.779. The van der Waals surface area contributed by atoms with Gasteiger partial charge in [-0.1, -0.05) is 26.0 Å². The van der Waals surface area contributed by atoms with Gasteiger partial charge in [0.15, 0.2) is 0 Å². The fraction of sp³-hybridized carbons (Fsp3) is 0.538. The molecular weight excluding hydrogens is 186 g/mol. The average Bonchev–Trinajstić information content (AvgIpc) is 2.14. The number of phenols is 1. The van der Waals surface area contributed by atoms with Crippen LogP contribution in [0.5, 0.6) is 5.75 Å². The molecule has 1 aliphatic carbocycles. The molecule has 0 unspecified atom stereocenters. The maximum absolute atomic E-state index is 9.96. The lowest BCUT2D eigenvalue weighted by Gasteiger charge is -2.39. The summed E-state index contributed by atoms with van der Waals surface area (Å²) in [5.41, 5.74) is 8.01. The molecule has 0 bridgehead atoms. The van der Waals surface area contributed by atoms with E-state index >= 15 is 0 Å². The zero-order chi connectivity index (χ0) is 11.1. The highest BCUT2D eigenvalue weighted by Gasteiger charge is 2.36. The molecule has 1 aromatic carbocycles. The SMILES string of the molecule is CC(C)c1ccc(C2(N)CCC2)c(O)c1. The van der Waals surface area contributed by atoms with Crippen molar-refractivity contribution < 1.29 is 5.11 Å². The molecule has 1 aliphatic rings. The Hall–Kier alpha value is -1.02. The van der Waals surface area contributed by atoms with Crippen LogP contribution in [0.15, 0.2) is 18.2 Å². The van der Waals surface area contributed by atoms with E-state index in [0.29, 0.717) is 11.7 Å². The third-order valence-electron chi connectivity index (χ3n) is 3.47. The van der Waals surface area contributed by atoms with Crippen LogP contribution in [0.2, 0.25) is 0 Å². The fourth-order valence-electron chi connectivity index (χ4n) is 2.16. The Morgan fingerprint density at radius 2 is 2.00 bits per heavy atom. The van der Waals surface area contributed by atoms with E-state index in [2.05, 4.69) is 19.9 Å². The zero-order valence-corrected chi connectivity index (χ0v) is 9.46. The lowest BCUT2D eigenvalue weighted by Crippen LogP contribution is -2.43. The van der Waals surface area contributed by atoms with Crippen LogP contribution in [-0.2, 0) is 5.54 Å². The molecule has 15 heavy (non-hydrogen) atoms. The van der Waals surface area contributed by atoms with E-state index in [0.717, 1.165) is 18.4 Å². The van der Waals surface area contributed by atoms with Crippen molar-refractivity contribution in [1.82, 2.24) is 0 Å². The Bertz CT molecular complexity index is 367. The summed E-state index contributed by atoms with van der Waals surface area (Å²) in [6.45, 7) is 4.24. The first-order chi connectivity index (χ1) is 7.03. The first-order valence-electron chi connectivity index (χ1n) is 5.65. The highest BCUT2D eigenvalue weighted by molar-refractivity contribution is 5.42. The molecule has 1 aromatic rings. The van der Waals surface area contributed by atoms with Gasteiger partial charge in [0.25, 0.3) is 0 Å². The summed E-state index contributed by atoms with van der Waals surface area (Å²) in [6, 6.07) is 5.92. The fourth-order valence-corrected chi connectivity index (χ4v) is 2.16. The van der Waals surface area contributed by atoms with E-state index in [4.69, 9.17) is 5.73 Å². The Labute approximate surface area is 91.1 Å². The number of aromatic hydroxyl groups is 1. The van der Waals surface area contributed by atoms with Gasteiger partial charge in [-0.15, -0.1) is 0 Å². The van der Waals surface area contributed by atoms with E-state index in [1.54, 1.807) is 0 Å². The van der Waals surface area contributed by atoms with Crippen LogP contribution >= 0.6 is 0 Å². The first kappa shape index (κ1) is 10.5. The molecular formula is C13H19NO. The predicted octanol–water partition coefficient (Wildman–Crippen LogP) is 2.85. The second kappa shape index (κ2) is 3.53. The summed E-state index contributed by atoms with van der Waals surface area (Å²) >= 11 is 0. The van der Waals surface area contributed by atoms with E-state index in [9.17, 15) is 5.11 Å². The molecule has 3 N–H and O–H groups in total. The van der Waals surface area contributed by atoms with Gasteiger partial charge in [-0.05, 0) is 36.8 Å². The third kappa shape index (κ3) is 1.74. The second-order valence-electron chi connectivity index (χ2n) is 4.94. The molecule has 0 heterocycles. The summed E-state index contributed by atoms with van der Waals surface area (Å²) < 4.78 is 0. The molecule has 0 saturated heterocycles. The van der Waals surface area contributed by atoms with Gasteiger partial charge in [0.05, 0.1) is 0 Å². The molecule has 2 heteroatoms. The smallest absolute Gasteiger partial charge is 0.120 e. The standard InChI is InChI=1S/C13H19NO/c1-9(2)10-4-5-11(12(15)8-10)13(14)6-3-7-13/h4-5,8-9,15H,3,6-7,14H2,1-2H3. The van der Waals surface area contributed by atoms with Crippen molar-refractivity contribution in [3.8, 4) is 5.75 Å². The normalized spacial score (nSPS) is 18.9. The van der Waals surface area contributed by atoms with E-state index < -0.39 is 0 Å². The van der Waals surface area contributed by atoms with Crippen molar-refractivity contribution in [3.05, 3.63) is 29.3 Å². The maximum atomic E-state index is 9.96. The van der Waals surface area contributed by atoms with Crippen LogP contribution in [0.4, 0.5) is 0 Å². The van der Waals surface area contributed by atoms with E-state index in [1.807, 2.05) is 12.1 Å². The van der Waals surface area contributed by atoms with Crippen LogP contribution in [-0.4, -0.2) is 5.11 Å². The van der Waals surface area contributed by atoms with Gasteiger partial charge < -0.3 is 10.8 Å². The second-order valence-corrected chi connectivity index (χ2v) is 4.94. The predicted molar refractivity (Wildman–Crippen MR) is 61.9 cm³/mol. The molecule has 2 nitrogen and oxygen atoms in total. The minimum absolute atomic E-state index is 0.264. The molecule has 1 saturated carbocycles. The first-order valence-corrected chi connectivity index (χ1v) is 5.65. The molecule has 0 amide bonds. The minimum Gasteiger partial charge on any atom is -0.508 e. The van der Waals surface area contributed by atoms with Gasteiger partial charge in [-0.25, -0.2) is 0 Å². The Morgan fingerprint density at radius 3 is 2.40 bits per heavy atom. The van der Waals surface area contributed by atoms with Gasteiger partial charge in [0.2, 0.25) is 0 Å². The Kier molecular flexibility index (Phi) is 2.47. The molecule has 0 aromatic heterocycles. The average molecular weight is 205 g/mol. The largest absolute Gasteiger partial charge is 0.508 e. The van der Waals surface area contributed by atoms with Crippen molar-refractivity contribution in [2.75, 3.05) is 0 Å². The molecule has 0 aliphatic heterocycles. The van der Waals surface area contributed by atoms with Crippen LogP contribution in [0.3, 0.4) is 0 Å². The van der Waals surface area contributed by atoms with Gasteiger partial charge in [0, 0.05) is 11.1 Å². The minimum atomic E-state index is -0.264. The Balaban J connectivity index is 2.34. The molecule has 0 radical (unpaired) electrons. The van der Waals surface area contributed by atoms with Gasteiger partial charge in [0.1, 0.15) is 5.75 Å². The summed E-state index contributed by atoms with van der Waals surface area (Å²) in [6.07, 6.45) is 3.14. The molecule has 82 valence electrons. The molecule has 0 spiro atoms. The number of benzene rings is 1. The topological polar surface area (TPSA) is 46.2 Å². The summed E-state index contributed by atoms with van der Waals surface area (Å²) in [7, 11) is 0. The van der Waals surface area contributed by atoms with Gasteiger partial charge in [-0.2, -0.15) is 0 Å². The van der Waals surface area contributed by atoms with Crippen LogP contribution in [0.25, 0.3) is 0 Å². The molecule has 0 atom stereocenters. The lowest BCUT2D eigenvalue weighted by molar-refractivity contribution is 0.245. The van der Waals surface area contributed by atoms with Crippen LogP contribution < -0.4 is 5.73 Å². The molecule has 2 rings (SSSR count). The van der Waals surface area contributed by atoms with Crippen molar-refractivity contribution in [3.63, 3.8) is 0 Å².